The smallest absolute Gasteiger partial charge is 0.270 e. The molecule has 4 aromatic rings. The number of benzene rings is 2. The van der Waals surface area contributed by atoms with Crippen LogP contribution in [0.2, 0.25) is 0 Å². The van der Waals surface area contributed by atoms with Crippen molar-refractivity contribution in [2.45, 2.75) is 26.4 Å². The summed E-state index contributed by atoms with van der Waals surface area (Å²) >= 11 is 0. The summed E-state index contributed by atoms with van der Waals surface area (Å²) in [5.74, 6) is 0.0992. The number of carbonyl (C=O) groups is 2. The Morgan fingerprint density at radius 1 is 1.10 bits per heavy atom. The second-order valence-corrected chi connectivity index (χ2v) is 7.45. The van der Waals surface area contributed by atoms with Crippen LogP contribution in [0.4, 0.5) is 0 Å². The van der Waals surface area contributed by atoms with Gasteiger partial charge in [-0.3, -0.25) is 9.59 Å². The predicted octanol–water partition coefficient (Wildman–Crippen LogP) is 3.47. The van der Waals surface area contributed by atoms with Crippen LogP contribution in [0.3, 0.4) is 0 Å². The van der Waals surface area contributed by atoms with Gasteiger partial charge in [0.15, 0.2) is 0 Å². The molecule has 3 N–H and O–H groups in total. The largest absolute Gasteiger partial charge is 0.497 e. The van der Waals surface area contributed by atoms with Gasteiger partial charge < -0.3 is 20.4 Å². The molecule has 2 aromatic carbocycles. The monoisotopic (exact) mass is 416 g/mol. The molecule has 1 unspecified atom stereocenters. The molecule has 0 aliphatic heterocycles. The van der Waals surface area contributed by atoms with E-state index in [4.69, 9.17) is 4.74 Å². The quantitative estimate of drug-likeness (QED) is 0.448. The molecule has 2 amide bonds. The molecule has 2 aromatic heterocycles. The maximum absolute atomic E-state index is 12.8. The zero-order valence-electron chi connectivity index (χ0n) is 17.7. The standard InChI is InChI=1S/C24H24N4O3/c1-14-22-19(18-6-4-5-7-20(18)28-22)12-21(26-14)24(30)27-15(2)23(29)25-13-16-8-10-17(31-3)11-9-16/h4-12,15,28H,13H2,1-3H3,(H,25,29)(H,27,30). The summed E-state index contributed by atoms with van der Waals surface area (Å²) in [5, 5.41) is 7.54. The van der Waals surface area contributed by atoms with Gasteiger partial charge in [-0.15, -0.1) is 0 Å². The maximum atomic E-state index is 12.8. The van der Waals surface area contributed by atoms with Gasteiger partial charge in [-0.1, -0.05) is 30.3 Å². The third-order valence-corrected chi connectivity index (χ3v) is 5.28. The molecule has 0 aliphatic carbocycles. The minimum Gasteiger partial charge on any atom is -0.497 e. The topological polar surface area (TPSA) is 96.1 Å². The number of rotatable bonds is 6. The summed E-state index contributed by atoms with van der Waals surface area (Å²) in [7, 11) is 1.60. The molecule has 0 saturated heterocycles. The first-order chi connectivity index (χ1) is 15.0. The lowest BCUT2D eigenvalue weighted by molar-refractivity contribution is -0.122. The molecule has 0 radical (unpaired) electrons. The Morgan fingerprint density at radius 2 is 1.84 bits per heavy atom. The van der Waals surface area contributed by atoms with Crippen molar-refractivity contribution in [1.82, 2.24) is 20.6 Å². The predicted molar refractivity (Wildman–Crippen MR) is 120 cm³/mol. The molecule has 4 rings (SSSR count). The number of H-pyrrole nitrogens is 1. The van der Waals surface area contributed by atoms with Crippen LogP contribution in [0.5, 0.6) is 5.75 Å². The van der Waals surface area contributed by atoms with E-state index in [0.29, 0.717) is 6.54 Å². The molecule has 0 spiro atoms. The maximum Gasteiger partial charge on any atom is 0.270 e. The molecule has 0 aliphatic rings. The van der Waals surface area contributed by atoms with Crippen LogP contribution in [-0.4, -0.2) is 34.9 Å². The Hall–Kier alpha value is -3.87. The first kappa shape index (κ1) is 20.4. The molecule has 0 saturated carbocycles. The number of ether oxygens (including phenoxy) is 1. The van der Waals surface area contributed by atoms with E-state index in [0.717, 1.165) is 38.8 Å². The van der Waals surface area contributed by atoms with Crippen LogP contribution < -0.4 is 15.4 Å². The lowest BCUT2D eigenvalue weighted by Gasteiger charge is -2.14. The van der Waals surface area contributed by atoms with Crippen molar-refractivity contribution < 1.29 is 14.3 Å². The normalized spacial score (nSPS) is 12.0. The fourth-order valence-electron chi connectivity index (χ4n) is 3.54. The minimum atomic E-state index is -0.702. The number of fused-ring (bicyclic) bond motifs is 3. The van der Waals surface area contributed by atoms with Crippen molar-refractivity contribution in [3.8, 4) is 5.75 Å². The van der Waals surface area contributed by atoms with E-state index in [-0.39, 0.29) is 17.5 Å². The first-order valence-corrected chi connectivity index (χ1v) is 10.1. The fourth-order valence-corrected chi connectivity index (χ4v) is 3.54. The van der Waals surface area contributed by atoms with Gasteiger partial charge in [0.05, 0.1) is 18.3 Å². The molecular formula is C24H24N4O3. The van der Waals surface area contributed by atoms with Gasteiger partial charge in [0.25, 0.3) is 5.91 Å². The number of aryl methyl sites for hydroxylation is 1. The van der Waals surface area contributed by atoms with Gasteiger partial charge in [-0.2, -0.15) is 0 Å². The average molecular weight is 416 g/mol. The minimum absolute atomic E-state index is 0.269. The van der Waals surface area contributed by atoms with E-state index < -0.39 is 6.04 Å². The fraction of sp³-hybridized carbons (Fsp3) is 0.208. The third kappa shape index (κ3) is 4.21. The van der Waals surface area contributed by atoms with Crippen molar-refractivity contribution in [2.75, 3.05) is 7.11 Å². The van der Waals surface area contributed by atoms with Gasteiger partial charge in [0.2, 0.25) is 5.91 Å². The van der Waals surface area contributed by atoms with E-state index >= 15 is 0 Å². The summed E-state index contributed by atoms with van der Waals surface area (Å²) in [6.07, 6.45) is 0. The van der Waals surface area contributed by atoms with Crippen LogP contribution >= 0.6 is 0 Å². The number of aromatic amines is 1. The van der Waals surface area contributed by atoms with Crippen LogP contribution in [-0.2, 0) is 11.3 Å². The zero-order chi connectivity index (χ0) is 22.0. The van der Waals surface area contributed by atoms with Crippen molar-refractivity contribution >= 4 is 33.6 Å². The number of methoxy groups -OCH3 is 1. The number of para-hydroxylation sites is 1. The van der Waals surface area contributed by atoms with Crippen molar-refractivity contribution in [1.29, 1.82) is 0 Å². The highest BCUT2D eigenvalue weighted by Gasteiger charge is 2.19. The highest BCUT2D eigenvalue weighted by atomic mass is 16.5. The number of carbonyl (C=O) groups excluding carboxylic acids is 2. The van der Waals surface area contributed by atoms with Gasteiger partial charge in [0.1, 0.15) is 17.5 Å². The van der Waals surface area contributed by atoms with Gasteiger partial charge in [0, 0.05) is 22.8 Å². The molecule has 7 heteroatoms. The summed E-state index contributed by atoms with van der Waals surface area (Å²) in [6, 6.07) is 16.4. The molecule has 7 nitrogen and oxygen atoms in total. The molecule has 31 heavy (non-hydrogen) atoms. The van der Waals surface area contributed by atoms with Crippen molar-refractivity contribution in [3.63, 3.8) is 0 Å². The lowest BCUT2D eigenvalue weighted by Crippen LogP contribution is -2.44. The number of nitrogens with zero attached hydrogens (tertiary/aromatic N) is 1. The molecule has 0 fully saturated rings. The molecule has 0 bridgehead atoms. The number of aromatic nitrogens is 2. The third-order valence-electron chi connectivity index (χ3n) is 5.28. The summed E-state index contributed by atoms with van der Waals surface area (Å²) in [5.41, 5.74) is 3.85. The summed E-state index contributed by atoms with van der Waals surface area (Å²) in [4.78, 5) is 33.0. The average Bonchev–Trinajstić information content (AvgIpc) is 3.17. The Morgan fingerprint density at radius 3 is 2.58 bits per heavy atom. The van der Waals surface area contributed by atoms with E-state index in [1.54, 1.807) is 20.1 Å². The Labute approximate surface area is 179 Å². The Kier molecular flexibility index (Phi) is 5.58. The number of hydrogen-bond donors (Lipinski definition) is 3. The molecule has 1 atom stereocenters. The summed E-state index contributed by atoms with van der Waals surface area (Å²) < 4.78 is 5.13. The van der Waals surface area contributed by atoms with Crippen LogP contribution in [0, 0.1) is 6.92 Å². The second kappa shape index (κ2) is 8.47. The summed E-state index contributed by atoms with van der Waals surface area (Å²) in [6.45, 7) is 3.87. The second-order valence-electron chi connectivity index (χ2n) is 7.45. The van der Waals surface area contributed by atoms with Crippen molar-refractivity contribution in [2.24, 2.45) is 0 Å². The van der Waals surface area contributed by atoms with Crippen LogP contribution in [0.25, 0.3) is 21.8 Å². The Bertz CT molecular complexity index is 1260. The number of hydrogen-bond acceptors (Lipinski definition) is 4. The van der Waals surface area contributed by atoms with Gasteiger partial charge >= 0.3 is 0 Å². The van der Waals surface area contributed by atoms with E-state index in [1.165, 1.54) is 0 Å². The van der Waals surface area contributed by atoms with E-state index in [9.17, 15) is 9.59 Å². The van der Waals surface area contributed by atoms with E-state index in [1.807, 2.05) is 55.5 Å². The van der Waals surface area contributed by atoms with Crippen LogP contribution in [0.15, 0.2) is 54.6 Å². The SMILES string of the molecule is COc1ccc(CNC(=O)C(C)NC(=O)c2cc3c([nH]c4ccccc43)c(C)n2)cc1. The molecular weight excluding hydrogens is 392 g/mol. The first-order valence-electron chi connectivity index (χ1n) is 10.1. The van der Waals surface area contributed by atoms with E-state index in [2.05, 4.69) is 20.6 Å². The number of nitrogens with one attached hydrogen (secondary N) is 3. The number of amides is 2. The van der Waals surface area contributed by atoms with Crippen LogP contribution in [0.1, 0.15) is 28.7 Å². The van der Waals surface area contributed by atoms with Gasteiger partial charge in [-0.25, -0.2) is 4.98 Å². The number of pyridine rings is 1. The lowest BCUT2D eigenvalue weighted by atomic mass is 10.1. The zero-order valence-corrected chi connectivity index (χ0v) is 17.7. The molecule has 158 valence electrons. The molecule has 2 heterocycles. The van der Waals surface area contributed by atoms with Gasteiger partial charge in [-0.05, 0) is 43.7 Å². The highest BCUT2D eigenvalue weighted by Crippen LogP contribution is 2.27. The Balaban J connectivity index is 1.44. The highest BCUT2D eigenvalue weighted by molar-refractivity contribution is 6.10. The van der Waals surface area contributed by atoms with Crippen molar-refractivity contribution in [3.05, 3.63) is 71.5 Å².